The summed E-state index contributed by atoms with van der Waals surface area (Å²) >= 11 is 0. The van der Waals surface area contributed by atoms with E-state index < -0.39 is 53.3 Å². The number of amides is 1. The summed E-state index contributed by atoms with van der Waals surface area (Å²) < 4.78 is 63.1. The van der Waals surface area contributed by atoms with E-state index in [4.69, 9.17) is 30.6 Å². The van der Waals surface area contributed by atoms with Gasteiger partial charge in [-0.15, -0.1) is 0 Å². The molecule has 0 aliphatic rings. The van der Waals surface area contributed by atoms with Crippen molar-refractivity contribution in [2.75, 3.05) is 13.1 Å². The van der Waals surface area contributed by atoms with Gasteiger partial charge in [-0.05, 0) is 6.42 Å². The summed E-state index contributed by atoms with van der Waals surface area (Å²) in [5.41, 5.74) is 14.1. The molecule has 1 amide bonds. The number of nitrogens with two attached hydrogens (primary N) is 1. The summed E-state index contributed by atoms with van der Waals surface area (Å²) in [6, 6.07) is -1.63. The third kappa shape index (κ3) is 21.9. The highest BCUT2D eigenvalue weighted by Gasteiger charge is 2.29. The Morgan fingerprint density at radius 3 is 1.75 bits per heavy atom. The Bertz CT molecular complexity index is 753. The van der Waals surface area contributed by atoms with Gasteiger partial charge in [0, 0.05) is 19.4 Å². The molecule has 11 N–H and O–H groups in total. The van der Waals surface area contributed by atoms with Gasteiger partial charge in [-0.2, -0.15) is 26.3 Å². The molecular formula is C14H23F6N7O9. The van der Waals surface area contributed by atoms with Crippen LogP contribution >= 0.6 is 0 Å². The summed E-state index contributed by atoms with van der Waals surface area (Å²) in [6.07, 6.45) is -9.38. The third-order valence-corrected chi connectivity index (χ3v) is 3.14. The number of carboxylic acid groups (broad SMARTS) is 3. The Balaban J connectivity index is -0.000000632. The Morgan fingerprint density at radius 1 is 1.03 bits per heavy atom. The van der Waals surface area contributed by atoms with Crippen LogP contribution in [-0.4, -0.2) is 77.4 Å². The number of guanidine groups is 1. The highest BCUT2D eigenvalue weighted by Crippen LogP contribution is 2.12. The Morgan fingerprint density at radius 2 is 1.44 bits per heavy atom. The molecular weight excluding hydrogens is 524 g/mol. The van der Waals surface area contributed by atoms with E-state index in [-0.39, 0.29) is 18.9 Å². The van der Waals surface area contributed by atoms with Gasteiger partial charge in [0.2, 0.25) is 0 Å². The molecule has 2 atom stereocenters. The minimum atomic E-state index is -5.19. The second-order valence-electron chi connectivity index (χ2n) is 6.09. The van der Waals surface area contributed by atoms with Crippen LogP contribution in [0.4, 0.5) is 26.3 Å². The fourth-order valence-corrected chi connectivity index (χ4v) is 1.55. The number of carbonyl (C=O) groups excluding carboxylic acids is 3. The number of nitro groups is 1. The molecule has 0 heterocycles. The second-order valence-corrected chi connectivity index (χ2v) is 6.09. The quantitative estimate of drug-likeness (QED) is 0.0374. The monoisotopic (exact) mass is 547 g/mol. The minimum Gasteiger partial charge on any atom is -0.542 e. The lowest BCUT2D eigenvalue weighted by atomic mass is 10.1. The van der Waals surface area contributed by atoms with Crippen LogP contribution in [-0.2, 0) is 19.2 Å². The zero-order valence-electron chi connectivity index (χ0n) is 18.1. The number of halogens is 6. The second kappa shape index (κ2) is 17.5. The highest BCUT2D eigenvalue weighted by molar-refractivity contribution is 5.85. The van der Waals surface area contributed by atoms with Crippen molar-refractivity contribution >= 4 is 29.8 Å². The number of carbonyl (C=O) groups is 4. The average Bonchev–Trinajstić information content (AvgIpc) is 2.69. The van der Waals surface area contributed by atoms with Gasteiger partial charge in [0.15, 0.2) is 11.1 Å². The summed E-state index contributed by atoms with van der Waals surface area (Å²) in [5.74, 6) is -7.93. The standard InChI is InChI=1S/C10H21N7O5.2C2HF3O2/c11-4-3-7(9(19)20)15-8(18)6(12)2-1-5-14-10(13)16-17(21)22;2*3-2(4,5)1(6)7/h6-7H,1-5,11-12H2,(H,15,18)(H,19,20)(H3,13,14,16);2*(H,6,7)/t6-,7-;;/m0../s1. The summed E-state index contributed by atoms with van der Waals surface area (Å²) in [6.45, 7) is 0.573. The molecule has 0 rings (SSSR count). The smallest absolute Gasteiger partial charge is 0.430 e. The molecule has 0 radical (unpaired) electrons. The lowest BCUT2D eigenvalue weighted by Gasteiger charge is -2.14. The van der Waals surface area contributed by atoms with Crippen molar-refractivity contribution in [3.8, 4) is 0 Å². The number of nitrogens with one attached hydrogen (secondary N) is 2. The summed E-state index contributed by atoms with van der Waals surface area (Å²) in [7, 11) is 0. The molecule has 0 aromatic rings. The zero-order chi connectivity index (χ0) is 29.3. The molecule has 0 saturated carbocycles. The van der Waals surface area contributed by atoms with Crippen molar-refractivity contribution in [1.82, 2.24) is 10.7 Å². The summed E-state index contributed by atoms with van der Waals surface area (Å²) in [4.78, 5) is 54.0. The van der Waals surface area contributed by atoms with E-state index in [1.807, 2.05) is 0 Å². The fourth-order valence-electron chi connectivity index (χ4n) is 1.55. The van der Waals surface area contributed by atoms with Gasteiger partial charge in [0.25, 0.3) is 11.9 Å². The summed E-state index contributed by atoms with van der Waals surface area (Å²) in [5, 5.41) is 38.1. The molecule has 0 aromatic heterocycles. The van der Waals surface area contributed by atoms with E-state index in [1.165, 1.54) is 0 Å². The van der Waals surface area contributed by atoms with E-state index in [0.29, 0.717) is 19.4 Å². The zero-order valence-corrected chi connectivity index (χ0v) is 18.1. The largest absolute Gasteiger partial charge is 0.542 e. The van der Waals surface area contributed by atoms with Crippen LogP contribution in [0.1, 0.15) is 19.3 Å². The maximum absolute atomic E-state index is 11.8. The van der Waals surface area contributed by atoms with Gasteiger partial charge in [0.05, 0.1) is 6.54 Å². The molecule has 210 valence electrons. The average molecular weight is 547 g/mol. The Kier molecular flexibility index (Phi) is 17.8. The molecule has 0 aliphatic heterocycles. The van der Waals surface area contributed by atoms with E-state index in [0.717, 1.165) is 0 Å². The number of quaternary nitrogens is 2. The SMILES string of the molecule is NC(=NCCC[C@H]([NH3+])C(=O)N[C@@H](CC[NH3+])C(=O)O)N[N+](=O)[O-].O=C([O-])C(F)(F)F.O=C([O-])C(F)(F)F. The van der Waals surface area contributed by atoms with Gasteiger partial charge in [0.1, 0.15) is 18.0 Å². The minimum absolute atomic E-state index is 0.188. The lowest BCUT2D eigenvalue weighted by Crippen LogP contribution is -2.68. The lowest BCUT2D eigenvalue weighted by molar-refractivity contribution is -0.525. The van der Waals surface area contributed by atoms with Crippen LogP contribution in [0.3, 0.4) is 0 Å². The Hall–Kier alpha value is -3.95. The van der Waals surface area contributed by atoms with Gasteiger partial charge in [-0.3, -0.25) is 4.79 Å². The number of nitrogens with zero attached hydrogens (tertiary/aromatic N) is 2. The van der Waals surface area contributed by atoms with Crippen LogP contribution < -0.4 is 38.2 Å². The van der Waals surface area contributed by atoms with Crippen LogP contribution in [0.5, 0.6) is 0 Å². The number of alkyl halides is 6. The predicted molar refractivity (Wildman–Crippen MR) is 96.6 cm³/mol. The van der Waals surface area contributed by atoms with Gasteiger partial charge in [-0.1, -0.05) is 5.43 Å². The predicted octanol–water partition coefficient (Wildman–Crippen LogP) is -5.73. The van der Waals surface area contributed by atoms with Crippen LogP contribution in [0.2, 0.25) is 0 Å². The number of rotatable bonds is 10. The molecule has 0 unspecified atom stereocenters. The molecule has 16 nitrogen and oxygen atoms in total. The maximum Gasteiger partial charge on any atom is 0.430 e. The van der Waals surface area contributed by atoms with Crippen molar-refractivity contribution < 1.29 is 77.3 Å². The van der Waals surface area contributed by atoms with E-state index in [9.17, 15) is 46.0 Å². The fraction of sp³-hybridized carbons (Fsp3) is 0.643. The Labute approximate surface area is 196 Å². The van der Waals surface area contributed by atoms with Crippen LogP contribution in [0.25, 0.3) is 0 Å². The van der Waals surface area contributed by atoms with Crippen molar-refractivity contribution in [3.63, 3.8) is 0 Å². The van der Waals surface area contributed by atoms with Gasteiger partial charge in [-0.25, -0.2) is 19.9 Å². The topological polar surface area (TPSA) is 295 Å². The molecule has 0 aliphatic carbocycles. The first-order valence-electron chi connectivity index (χ1n) is 9.09. The molecule has 36 heavy (non-hydrogen) atoms. The third-order valence-electron chi connectivity index (χ3n) is 3.14. The van der Waals surface area contributed by atoms with Crippen LogP contribution in [0.15, 0.2) is 4.99 Å². The van der Waals surface area contributed by atoms with Crippen molar-refractivity contribution in [1.29, 1.82) is 0 Å². The maximum atomic E-state index is 11.8. The number of carboxylic acids is 3. The van der Waals surface area contributed by atoms with Crippen molar-refractivity contribution in [2.45, 2.75) is 43.7 Å². The molecule has 0 spiro atoms. The number of hydrogen-bond acceptors (Lipinski definition) is 9. The molecule has 0 fully saturated rings. The molecule has 0 bridgehead atoms. The first kappa shape index (κ1) is 36.6. The van der Waals surface area contributed by atoms with E-state index >= 15 is 0 Å². The van der Waals surface area contributed by atoms with E-state index in [2.05, 4.69) is 21.8 Å². The number of hydrogen-bond donors (Lipinski definition) is 6. The van der Waals surface area contributed by atoms with E-state index in [1.54, 1.807) is 5.43 Å². The number of aliphatic imine (C=N–C) groups is 1. The molecule has 0 saturated heterocycles. The van der Waals surface area contributed by atoms with Crippen LogP contribution in [0, 0.1) is 10.1 Å². The highest BCUT2D eigenvalue weighted by atomic mass is 19.4. The van der Waals surface area contributed by atoms with Gasteiger partial charge < -0.3 is 47.4 Å². The van der Waals surface area contributed by atoms with Gasteiger partial charge >= 0.3 is 18.3 Å². The van der Waals surface area contributed by atoms with Crippen molar-refractivity contribution in [3.05, 3.63) is 10.1 Å². The first-order chi connectivity index (χ1) is 16.2. The van der Waals surface area contributed by atoms with Crippen molar-refractivity contribution in [2.24, 2.45) is 10.7 Å². The number of hydrazine groups is 1. The number of aliphatic carboxylic acids is 3. The first-order valence-corrected chi connectivity index (χ1v) is 9.09. The molecule has 22 heteroatoms. The molecule has 0 aromatic carbocycles. The normalized spacial score (nSPS) is 12.9.